The Balaban J connectivity index is 1.98. The minimum absolute atomic E-state index is 0.163. The summed E-state index contributed by atoms with van der Waals surface area (Å²) < 4.78 is 1.55. The molecular weight excluding hydrogens is 260 g/mol. The molecule has 2 heterocycles. The van der Waals surface area contributed by atoms with Crippen LogP contribution < -0.4 is 11.1 Å². The van der Waals surface area contributed by atoms with E-state index in [2.05, 4.69) is 16.5 Å². The number of carbonyl (C=O) groups is 1. The number of nitrogen functional groups attached to an aromatic ring is 1. The minimum Gasteiger partial charge on any atom is -0.395 e. The highest BCUT2D eigenvalue weighted by Crippen LogP contribution is 2.16. The summed E-state index contributed by atoms with van der Waals surface area (Å²) in [5.74, 6) is -0.163. The molecule has 2 aromatic heterocycles. The van der Waals surface area contributed by atoms with Crippen molar-refractivity contribution < 1.29 is 4.79 Å². The van der Waals surface area contributed by atoms with Crippen molar-refractivity contribution in [3.8, 4) is 0 Å². The van der Waals surface area contributed by atoms with E-state index in [1.807, 2.05) is 18.4 Å². The Labute approximate surface area is 116 Å². The zero-order valence-corrected chi connectivity index (χ0v) is 12.0. The maximum Gasteiger partial charge on any atom is 0.271 e. The summed E-state index contributed by atoms with van der Waals surface area (Å²) in [6.45, 7) is 2.57. The number of aryl methyl sites for hydroxylation is 2. The normalized spacial score (nSPS) is 10.6. The van der Waals surface area contributed by atoms with Crippen LogP contribution in [0.4, 0.5) is 5.69 Å². The van der Waals surface area contributed by atoms with E-state index in [0.717, 1.165) is 18.5 Å². The van der Waals surface area contributed by atoms with Gasteiger partial charge in [0.15, 0.2) is 0 Å². The molecule has 0 saturated heterocycles. The van der Waals surface area contributed by atoms with Gasteiger partial charge in [0.2, 0.25) is 0 Å². The van der Waals surface area contributed by atoms with Gasteiger partial charge in [-0.2, -0.15) is 5.10 Å². The van der Waals surface area contributed by atoms with Gasteiger partial charge in [0, 0.05) is 18.5 Å². The maximum absolute atomic E-state index is 12.1. The van der Waals surface area contributed by atoms with E-state index in [9.17, 15) is 4.79 Å². The Morgan fingerprint density at radius 1 is 1.58 bits per heavy atom. The van der Waals surface area contributed by atoms with Crippen LogP contribution in [0.25, 0.3) is 0 Å². The van der Waals surface area contributed by atoms with Crippen molar-refractivity contribution in [2.75, 3.05) is 12.3 Å². The van der Waals surface area contributed by atoms with Crippen LogP contribution in [0.1, 0.15) is 28.0 Å². The number of carbonyl (C=O) groups excluding carboxylic acids is 1. The number of amides is 1. The number of aromatic nitrogens is 2. The van der Waals surface area contributed by atoms with Crippen LogP contribution in [0, 0.1) is 0 Å². The fourth-order valence-electron chi connectivity index (χ4n) is 1.96. The fourth-order valence-corrected chi connectivity index (χ4v) is 2.67. The molecule has 0 atom stereocenters. The van der Waals surface area contributed by atoms with Gasteiger partial charge in [0.1, 0.15) is 5.69 Å². The number of rotatable bonds is 5. The molecule has 2 rings (SSSR count). The lowest BCUT2D eigenvalue weighted by Gasteiger charge is -2.05. The van der Waals surface area contributed by atoms with Crippen molar-refractivity contribution in [1.82, 2.24) is 15.1 Å². The number of thiophene rings is 1. The molecule has 0 radical (unpaired) electrons. The molecule has 0 aliphatic carbocycles. The van der Waals surface area contributed by atoms with E-state index in [1.165, 1.54) is 4.88 Å². The predicted octanol–water partition coefficient (Wildman–Crippen LogP) is 1.60. The average Bonchev–Trinajstić information content (AvgIpc) is 2.97. The zero-order chi connectivity index (χ0) is 13.8. The van der Waals surface area contributed by atoms with E-state index < -0.39 is 0 Å². The van der Waals surface area contributed by atoms with Gasteiger partial charge in [-0.25, -0.2) is 0 Å². The zero-order valence-electron chi connectivity index (χ0n) is 11.1. The Kier molecular flexibility index (Phi) is 4.21. The summed E-state index contributed by atoms with van der Waals surface area (Å²) in [5.41, 5.74) is 7.64. The van der Waals surface area contributed by atoms with Crippen LogP contribution in [-0.4, -0.2) is 22.2 Å². The Bertz CT molecular complexity index is 559. The second kappa shape index (κ2) is 5.88. The van der Waals surface area contributed by atoms with E-state index in [1.54, 1.807) is 23.1 Å². The Morgan fingerprint density at radius 3 is 2.95 bits per heavy atom. The highest BCUT2D eigenvalue weighted by atomic mass is 32.1. The van der Waals surface area contributed by atoms with Gasteiger partial charge in [-0.3, -0.25) is 9.48 Å². The second-order valence-corrected chi connectivity index (χ2v) is 5.30. The predicted molar refractivity (Wildman–Crippen MR) is 77.4 cm³/mol. The fraction of sp³-hybridized carbons (Fsp3) is 0.385. The van der Waals surface area contributed by atoms with Gasteiger partial charge < -0.3 is 11.1 Å². The summed E-state index contributed by atoms with van der Waals surface area (Å²) in [4.78, 5) is 13.4. The number of hydrogen-bond donors (Lipinski definition) is 2. The minimum atomic E-state index is -0.163. The Morgan fingerprint density at radius 2 is 2.37 bits per heavy atom. The number of anilines is 1. The first-order valence-corrected chi connectivity index (χ1v) is 7.13. The number of nitrogens with one attached hydrogen (secondary N) is 1. The number of nitrogens with two attached hydrogens (primary N) is 1. The standard InChI is InChI=1S/C13H18N4OS/c1-3-10-11(14)12(17(2)16-10)13(18)15-7-6-9-5-4-8-19-9/h4-5,8H,3,6-7,14H2,1-2H3,(H,15,18). The third-order valence-corrected chi connectivity index (χ3v) is 3.88. The maximum atomic E-state index is 12.1. The van der Waals surface area contributed by atoms with Crippen LogP contribution in [0.2, 0.25) is 0 Å². The van der Waals surface area contributed by atoms with Gasteiger partial charge >= 0.3 is 0 Å². The van der Waals surface area contributed by atoms with E-state index in [4.69, 9.17) is 5.73 Å². The first-order chi connectivity index (χ1) is 9.13. The smallest absolute Gasteiger partial charge is 0.271 e. The van der Waals surface area contributed by atoms with Crippen molar-refractivity contribution in [3.05, 3.63) is 33.8 Å². The molecule has 0 saturated carbocycles. The second-order valence-electron chi connectivity index (χ2n) is 4.27. The van der Waals surface area contributed by atoms with Crippen LogP contribution in [0.3, 0.4) is 0 Å². The van der Waals surface area contributed by atoms with Crippen LogP contribution in [-0.2, 0) is 19.9 Å². The van der Waals surface area contributed by atoms with Gasteiger partial charge in [0.05, 0.1) is 11.4 Å². The lowest BCUT2D eigenvalue weighted by molar-refractivity contribution is 0.0946. The highest BCUT2D eigenvalue weighted by molar-refractivity contribution is 7.09. The average molecular weight is 278 g/mol. The van der Waals surface area contributed by atoms with Crippen molar-refractivity contribution in [2.45, 2.75) is 19.8 Å². The molecule has 0 bridgehead atoms. The largest absolute Gasteiger partial charge is 0.395 e. The molecule has 5 nitrogen and oxygen atoms in total. The molecule has 0 aliphatic heterocycles. The molecule has 6 heteroatoms. The lowest BCUT2D eigenvalue weighted by atomic mass is 10.2. The molecule has 2 aromatic rings. The van der Waals surface area contributed by atoms with Crippen molar-refractivity contribution in [1.29, 1.82) is 0 Å². The molecule has 0 spiro atoms. The van der Waals surface area contributed by atoms with Gasteiger partial charge in [-0.1, -0.05) is 13.0 Å². The number of hydrogen-bond acceptors (Lipinski definition) is 4. The van der Waals surface area contributed by atoms with Crippen molar-refractivity contribution >= 4 is 22.9 Å². The van der Waals surface area contributed by atoms with Crippen LogP contribution >= 0.6 is 11.3 Å². The summed E-state index contributed by atoms with van der Waals surface area (Å²) in [5, 5.41) is 9.16. The van der Waals surface area contributed by atoms with Gasteiger partial charge in [0.25, 0.3) is 5.91 Å². The first kappa shape index (κ1) is 13.6. The molecule has 19 heavy (non-hydrogen) atoms. The van der Waals surface area contributed by atoms with E-state index in [0.29, 0.717) is 17.9 Å². The summed E-state index contributed by atoms with van der Waals surface area (Å²) in [6, 6.07) is 4.07. The summed E-state index contributed by atoms with van der Waals surface area (Å²) >= 11 is 1.69. The van der Waals surface area contributed by atoms with Crippen LogP contribution in [0.5, 0.6) is 0 Å². The summed E-state index contributed by atoms with van der Waals surface area (Å²) in [7, 11) is 1.74. The molecule has 0 fully saturated rings. The summed E-state index contributed by atoms with van der Waals surface area (Å²) in [6.07, 6.45) is 1.56. The lowest BCUT2D eigenvalue weighted by Crippen LogP contribution is -2.28. The van der Waals surface area contributed by atoms with E-state index >= 15 is 0 Å². The SMILES string of the molecule is CCc1nn(C)c(C(=O)NCCc2cccs2)c1N. The Hall–Kier alpha value is -1.82. The molecule has 0 unspecified atom stereocenters. The third kappa shape index (κ3) is 2.96. The van der Waals surface area contributed by atoms with Crippen LogP contribution in [0.15, 0.2) is 17.5 Å². The molecule has 0 aliphatic rings. The molecule has 1 amide bonds. The molecular formula is C13H18N4OS. The number of nitrogens with zero attached hydrogens (tertiary/aromatic N) is 2. The topological polar surface area (TPSA) is 72.9 Å². The van der Waals surface area contributed by atoms with E-state index in [-0.39, 0.29) is 5.91 Å². The van der Waals surface area contributed by atoms with Gasteiger partial charge in [-0.05, 0) is 24.3 Å². The third-order valence-electron chi connectivity index (χ3n) is 2.95. The monoisotopic (exact) mass is 278 g/mol. The quantitative estimate of drug-likeness (QED) is 0.872. The molecule has 3 N–H and O–H groups in total. The highest BCUT2D eigenvalue weighted by Gasteiger charge is 2.18. The molecule has 0 aromatic carbocycles. The molecule has 102 valence electrons. The van der Waals surface area contributed by atoms with Gasteiger partial charge in [-0.15, -0.1) is 11.3 Å². The first-order valence-electron chi connectivity index (χ1n) is 6.25. The van der Waals surface area contributed by atoms with Crippen molar-refractivity contribution in [2.24, 2.45) is 7.05 Å². The van der Waals surface area contributed by atoms with Crippen molar-refractivity contribution in [3.63, 3.8) is 0 Å².